The summed E-state index contributed by atoms with van der Waals surface area (Å²) in [6.07, 6.45) is 7.47. The van der Waals surface area contributed by atoms with Crippen molar-refractivity contribution in [3.05, 3.63) is 30.5 Å². The minimum absolute atomic E-state index is 0. The van der Waals surface area contributed by atoms with Crippen molar-refractivity contribution < 1.29 is 4.79 Å². The van der Waals surface area contributed by atoms with Crippen molar-refractivity contribution in [2.45, 2.75) is 38.1 Å². The number of carbonyl (C=O) groups is 1. The molecule has 4 rings (SSSR count). The Balaban J connectivity index is 0.00000156. The number of H-pyrrole nitrogens is 1. The average Bonchev–Trinajstić information content (AvgIpc) is 2.96. The molecule has 23 heavy (non-hydrogen) atoms. The van der Waals surface area contributed by atoms with Crippen LogP contribution in [0.1, 0.15) is 32.1 Å². The molecule has 1 aromatic carbocycles. The Morgan fingerprint density at radius 2 is 1.91 bits per heavy atom. The summed E-state index contributed by atoms with van der Waals surface area (Å²) in [5.41, 5.74) is 8.29. The molecule has 0 spiro atoms. The number of fused-ring (bicyclic) bond motifs is 3. The maximum absolute atomic E-state index is 12.7. The molecule has 5 heteroatoms. The zero-order valence-corrected chi connectivity index (χ0v) is 13.9. The summed E-state index contributed by atoms with van der Waals surface area (Å²) in [6.45, 7) is 0. The van der Waals surface area contributed by atoms with Crippen LogP contribution in [0.5, 0.6) is 0 Å². The number of hydrogen-bond acceptors (Lipinski definition) is 2. The first-order chi connectivity index (χ1) is 10.7. The van der Waals surface area contributed by atoms with Gasteiger partial charge in [-0.3, -0.25) is 4.79 Å². The summed E-state index contributed by atoms with van der Waals surface area (Å²) in [5, 5.41) is 4.22. The zero-order chi connectivity index (χ0) is 15.1. The molecule has 0 aliphatic heterocycles. The number of nitrogens with one attached hydrogen (secondary N) is 2. The van der Waals surface area contributed by atoms with E-state index in [2.05, 4.69) is 10.3 Å². The fourth-order valence-electron chi connectivity index (χ4n) is 4.43. The van der Waals surface area contributed by atoms with Gasteiger partial charge >= 0.3 is 0 Å². The van der Waals surface area contributed by atoms with E-state index >= 15 is 0 Å². The SMILES string of the molecule is Cl.NC1C2CCCC1CC(C(=O)Nc1cccc3[nH]ccc13)C2. The molecule has 4 N–H and O–H groups in total. The Morgan fingerprint density at radius 3 is 2.65 bits per heavy atom. The Kier molecular flexibility index (Phi) is 4.64. The van der Waals surface area contributed by atoms with Crippen LogP contribution in [0, 0.1) is 17.8 Å². The molecule has 2 fully saturated rings. The van der Waals surface area contributed by atoms with Crippen LogP contribution in [0.3, 0.4) is 0 Å². The van der Waals surface area contributed by atoms with Crippen LogP contribution < -0.4 is 11.1 Å². The number of nitrogens with two attached hydrogens (primary N) is 1. The zero-order valence-electron chi connectivity index (χ0n) is 13.1. The molecule has 1 heterocycles. The highest BCUT2D eigenvalue weighted by atomic mass is 35.5. The molecular weight excluding hydrogens is 310 g/mol. The maximum Gasteiger partial charge on any atom is 0.227 e. The van der Waals surface area contributed by atoms with E-state index in [0.717, 1.165) is 29.4 Å². The Bertz CT molecular complexity index is 684. The van der Waals surface area contributed by atoms with Gasteiger partial charge < -0.3 is 16.0 Å². The number of anilines is 1. The van der Waals surface area contributed by atoms with Crippen molar-refractivity contribution in [3.8, 4) is 0 Å². The van der Waals surface area contributed by atoms with Crippen molar-refractivity contribution in [2.75, 3.05) is 5.32 Å². The Labute approximate surface area is 142 Å². The molecular formula is C18H24ClN3O. The Hall–Kier alpha value is -1.52. The summed E-state index contributed by atoms with van der Waals surface area (Å²) >= 11 is 0. The summed E-state index contributed by atoms with van der Waals surface area (Å²) in [5.74, 6) is 1.35. The summed E-state index contributed by atoms with van der Waals surface area (Å²) in [4.78, 5) is 15.9. The van der Waals surface area contributed by atoms with Crippen molar-refractivity contribution in [1.29, 1.82) is 0 Å². The second-order valence-electron chi connectivity index (χ2n) is 6.93. The van der Waals surface area contributed by atoms with Crippen molar-refractivity contribution in [1.82, 2.24) is 4.98 Å². The minimum Gasteiger partial charge on any atom is -0.361 e. The molecule has 2 saturated carbocycles. The highest BCUT2D eigenvalue weighted by Gasteiger charge is 2.40. The molecule has 2 atom stereocenters. The quantitative estimate of drug-likeness (QED) is 0.784. The predicted molar refractivity (Wildman–Crippen MR) is 95.7 cm³/mol. The van der Waals surface area contributed by atoms with Gasteiger partial charge in [0, 0.05) is 29.1 Å². The normalized spacial score (nSPS) is 29.8. The van der Waals surface area contributed by atoms with E-state index in [1.165, 1.54) is 19.3 Å². The fraction of sp³-hybridized carbons (Fsp3) is 0.500. The van der Waals surface area contributed by atoms with Crippen molar-refractivity contribution in [3.63, 3.8) is 0 Å². The van der Waals surface area contributed by atoms with E-state index in [0.29, 0.717) is 17.9 Å². The lowest BCUT2D eigenvalue weighted by Gasteiger charge is -2.43. The molecule has 2 bridgehead atoms. The lowest BCUT2D eigenvalue weighted by atomic mass is 9.65. The number of amides is 1. The van der Waals surface area contributed by atoms with E-state index in [4.69, 9.17) is 5.73 Å². The van der Waals surface area contributed by atoms with Gasteiger partial charge in [0.25, 0.3) is 0 Å². The van der Waals surface area contributed by atoms with Crippen molar-refractivity contribution in [2.24, 2.45) is 23.5 Å². The number of carbonyl (C=O) groups excluding carboxylic acids is 1. The number of benzene rings is 1. The lowest BCUT2D eigenvalue weighted by Crippen LogP contribution is -2.48. The van der Waals surface area contributed by atoms with Crippen molar-refractivity contribution >= 4 is 34.9 Å². The lowest BCUT2D eigenvalue weighted by molar-refractivity contribution is -0.122. The first-order valence-electron chi connectivity index (χ1n) is 8.35. The molecule has 2 aliphatic carbocycles. The second kappa shape index (κ2) is 6.54. The first-order valence-corrected chi connectivity index (χ1v) is 8.35. The molecule has 2 aromatic rings. The van der Waals surface area contributed by atoms with Gasteiger partial charge in [-0.1, -0.05) is 12.5 Å². The van der Waals surface area contributed by atoms with Crippen LogP contribution in [0.15, 0.2) is 30.5 Å². The van der Waals surface area contributed by atoms with Crippen LogP contribution >= 0.6 is 12.4 Å². The summed E-state index contributed by atoms with van der Waals surface area (Å²) in [7, 11) is 0. The second-order valence-corrected chi connectivity index (χ2v) is 6.93. The van der Waals surface area contributed by atoms with Crippen LogP contribution in [-0.2, 0) is 4.79 Å². The van der Waals surface area contributed by atoms with Gasteiger partial charge in [0.05, 0.1) is 5.69 Å². The molecule has 4 nitrogen and oxygen atoms in total. The molecule has 0 radical (unpaired) electrons. The molecule has 0 saturated heterocycles. The predicted octanol–water partition coefficient (Wildman–Crippen LogP) is 3.68. The third-order valence-electron chi connectivity index (χ3n) is 5.64. The molecule has 1 aromatic heterocycles. The number of aromatic amines is 1. The molecule has 2 aliphatic rings. The maximum atomic E-state index is 12.7. The fourth-order valence-corrected chi connectivity index (χ4v) is 4.43. The molecule has 2 unspecified atom stereocenters. The van der Waals surface area contributed by atoms with E-state index in [1.54, 1.807) is 0 Å². The van der Waals surface area contributed by atoms with Gasteiger partial charge in [-0.15, -0.1) is 12.4 Å². The van der Waals surface area contributed by atoms with E-state index in [1.807, 2.05) is 30.5 Å². The summed E-state index contributed by atoms with van der Waals surface area (Å²) < 4.78 is 0. The topological polar surface area (TPSA) is 70.9 Å². The van der Waals surface area contributed by atoms with Gasteiger partial charge in [0.15, 0.2) is 0 Å². The van der Waals surface area contributed by atoms with Crippen LogP contribution in [0.2, 0.25) is 0 Å². The highest BCUT2D eigenvalue weighted by molar-refractivity contribution is 6.02. The Morgan fingerprint density at radius 1 is 1.17 bits per heavy atom. The van der Waals surface area contributed by atoms with Gasteiger partial charge in [-0.25, -0.2) is 0 Å². The highest BCUT2D eigenvalue weighted by Crippen LogP contribution is 2.42. The van der Waals surface area contributed by atoms with Crippen LogP contribution in [0.25, 0.3) is 10.9 Å². The monoisotopic (exact) mass is 333 g/mol. The minimum atomic E-state index is 0. The number of hydrogen-bond donors (Lipinski definition) is 3. The van der Waals surface area contributed by atoms with Crippen LogP contribution in [-0.4, -0.2) is 16.9 Å². The van der Waals surface area contributed by atoms with Gasteiger partial charge in [0.2, 0.25) is 5.91 Å². The van der Waals surface area contributed by atoms with Gasteiger partial charge in [-0.2, -0.15) is 0 Å². The summed E-state index contributed by atoms with van der Waals surface area (Å²) in [6, 6.07) is 8.29. The van der Waals surface area contributed by atoms with E-state index in [9.17, 15) is 4.79 Å². The van der Waals surface area contributed by atoms with E-state index < -0.39 is 0 Å². The molecule has 1 amide bonds. The first kappa shape index (κ1) is 16.3. The standard InChI is InChI=1S/C18H23N3O.ClH/c19-17-11-3-1-4-12(17)10-13(9-11)18(22)21-16-6-2-5-15-14(16)7-8-20-15;/h2,5-8,11-13,17,20H,1,3-4,9-10,19H2,(H,21,22);1H. The molecule has 124 valence electrons. The van der Waals surface area contributed by atoms with Crippen LogP contribution in [0.4, 0.5) is 5.69 Å². The van der Waals surface area contributed by atoms with Gasteiger partial charge in [0.1, 0.15) is 0 Å². The van der Waals surface area contributed by atoms with Gasteiger partial charge in [-0.05, 0) is 55.7 Å². The third kappa shape index (κ3) is 2.98. The third-order valence-corrected chi connectivity index (χ3v) is 5.64. The largest absolute Gasteiger partial charge is 0.361 e. The number of halogens is 1. The number of rotatable bonds is 2. The number of aromatic nitrogens is 1. The smallest absolute Gasteiger partial charge is 0.227 e. The average molecular weight is 334 g/mol. The van der Waals surface area contributed by atoms with E-state index in [-0.39, 0.29) is 24.2 Å².